The first-order chi connectivity index (χ1) is 40.4. The Morgan fingerprint density at radius 2 is 0.565 bits per heavy atom. The molecular formula is C59H128N10O16. The Kier molecular flexibility index (Phi) is 122. The van der Waals surface area contributed by atoms with Crippen molar-refractivity contribution in [2.75, 3.05) is 118 Å². The highest BCUT2D eigenvalue weighted by Crippen LogP contribution is 1.88. The second-order valence-corrected chi connectivity index (χ2v) is 15.7. The smallest absolute Gasteiger partial charge is 0.407 e. The van der Waals surface area contributed by atoms with Crippen molar-refractivity contribution in [2.45, 2.75) is 204 Å². The van der Waals surface area contributed by atoms with Crippen molar-refractivity contribution in [2.24, 2.45) is 0 Å². The number of hydrogen-bond donors (Lipinski definition) is 10. The Balaban J connectivity index is -0.0000000800. The van der Waals surface area contributed by atoms with Crippen molar-refractivity contribution in [1.29, 1.82) is 0 Å². The third-order valence-corrected chi connectivity index (χ3v) is 7.95. The SMILES string of the molecule is CCC.CCC(=O)CC.CCNC(=O)CC.CCNC(=O)CC(=O)CC.CCNC(=O)CC(=O)NCC.CCNC(=O)COC(=O)NCC.CCNC(=O)OCC.CCNC(=O)OCC(=O)CC.CCNCC.CCNCOCC.CCOCC. The molecule has 510 valence electrons. The van der Waals surface area contributed by atoms with Crippen LogP contribution in [0.3, 0.4) is 0 Å². The molecule has 0 saturated carbocycles. The Bertz CT molecular complexity index is 1440. The Morgan fingerprint density at radius 1 is 0.259 bits per heavy atom. The molecule has 85 heavy (non-hydrogen) atoms. The summed E-state index contributed by atoms with van der Waals surface area (Å²) in [5.41, 5.74) is 0. The fourth-order valence-corrected chi connectivity index (χ4v) is 3.88. The summed E-state index contributed by atoms with van der Waals surface area (Å²) in [6.45, 7) is 53.0. The Hall–Kier alpha value is -5.99. The molecular weight excluding hydrogens is 1100 g/mol. The lowest BCUT2D eigenvalue weighted by atomic mass is 10.2. The van der Waals surface area contributed by atoms with Crippen LogP contribution in [0, 0.1) is 0 Å². The standard InChI is InChI=1S/C7H14N2O3.C7H14N2O2.C7H13NO3.C7H13NO2.C5H11NO2.C5H13NO.C5H11NO.C5H10O.C4H11N.C4H10O.C3H8/c1-3-8-6(10)5-12-7(11)9-4-2;1-3-8-6(10)5-7(11)9-4-2;1-3-6(9)5-11-7(10)8-4-2;1-3-6(9)5-7(10)8-4-2;1-3-6-5(7)8-4-2;1-3-6-5-7-4-2;1-3-5(7)6-4-2;1-3-5(6)4-2;2*1-3-5-4-2;1-3-2/h3-5H2,1-2H3,(H,8,10)(H,9,11);3-5H2,1-2H3,(H,8,10)(H,9,11);3-5H2,1-2H3,(H,8,10);3-5H2,1-2H3,(H,8,10);3-4H2,1-2H3,(H,6,7);6H,3-5H2,1-2H3;3-4H2,1-2H3,(H,6,7);3-4H2,1-2H3;5H,3-4H2,1-2H3;3-4H2,1-2H3;3H2,1-2H3. The largest absolute Gasteiger partial charge is 0.450 e. The summed E-state index contributed by atoms with van der Waals surface area (Å²) in [6.07, 6.45) is 2.59. The minimum Gasteiger partial charge on any atom is -0.450 e. The summed E-state index contributed by atoms with van der Waals surface area (Å²) in [5, 5.41) is 26.2. The third-order valence-electron chi connectivity index (χ3n) is 7.95. The van der Waals surface area contributed by atoms with Gasteiger partial charge < -0.3 is 71.5 Å². The number of hydrogen-bond acceptors (Lipinski definition) is 18. The summed E-state index contributed by atoms with van der Waals surface area (Å²) in [4.78, 5) is 116. The van der Waals surface area contributed by atoms with Crippen molar-refractivity contribution in [3.8, 4) is 0 Å². The zero-order chi connectivity index (χ0) is 68.3. The van der Waals surface area contributed by atoms with E-state index in [1.807, 2.05) is 76.2 Å². The van der Waals surface area contributed by atoms with Gasteiger partial charge in [-0.1, -0.05) is 75.7 Å². The van der Waals surface area contributed by atoms with Crippen LogP contribution < -0.4 is 53.2 Å². The van der Waals surface area contributed by atoms with E-state index < -0.39 is 12.2 Å². The van der Waals surface area contributed by atoms with Gasteiger partial charge in [-0.3, -0.25) is 43.7 Å². The van der Waals surface area contributed by atoms with Crippen LogP contribution in [0.1, 0.15) is 204 Å². The normalized spacial score (nSPS) is 8.64. The van der Waals surface area contributed by atoms with Gasteiger partial charge in [0.25, 0.3) is 5.91 Å². The quantitative estimate of drug-likeness (QED) is 0.0149. The van der Waals surface area contributed by atoms with E-state index in [9.17, 15) is 52.7 Å². The number of amides is 8. The van der Waals surface area contributed by atoms with E-state index in [0.29, 0.717) is 97.0 Å². The highest BCUT2D eigenvalue weighted by Gasteiger charge is 2.07. The minimum atomic E-state index is -0.566. The van der Waals surface area contributed by atoms with Gasteiger partial charge in [0.15, 0.2) is 19.0 Å². The van der Waals surface area contributed by atoms with Crippen molar-refractivity contribution in [3.63, 3.8) is 0 Å². The van der Waals surface area contributed by atoms with Crippen molar-refractivity contribution in [1.82, 2.24) is 53.2 Å². The van der Waals surface area contributed by atoms with Gasteiger partial charge in [0.1, 0.15) is 18.0 Å². The summed E-state index contributed by atoms with van der Waals surface area (Å²) in [7, 11) is 0. The number of nitrogens with one attached hydrogen (secondary N) is 10. The number of carbonyl (C=O) groups is 11. The fourth-order valence-electron chi connectivity index (χ4n) is 3.88. The lowest BCUT2D eigenvalue weighted by Gasteiger charge is -2.04. The van der Waals surface area contributed by atoms with Gasteiger partial charge >= 0.3 is 18.3 Å². The molecule has 0 rings (SSSR count). The lowest BCUT2D eigenvalue weighted by molar-refractivity contribution is -0.130. The molecule has 8 amide bonds. The molecule has 0 heterocycles. The molecule has 0 aromatic heterocycles. The molecule has 0 aliphatic rings. The summed E-state index contributed by atoms with van der Waals surface area (Å²) < 4.78 is 23.4. The monoisotopic (exact) mass is 1230 g/mol. The van der Waals surface area contributed by atoms with E-state index >= 15 is 0 Å². The van der Waals surface area contributed by atoms with Crippen LogP contribution in [0.4, 0.5) is 14.4 Å². The van der Waals surface area contributed by atoms with Gasteiger partial charge in [0, 0.05) is 104 Å². The highest BCUT2D eigenvalue weighted by molar-refractivity contribution is 5.98. The molecule has 0 atom stereocenters. The lowest BCUT2D eigenvalue weighted by Crippen LogP contribution is -2.31. The van der Waals surface area contributed by atoms with E-state index in [-0.39, 0.29) is 73.3 Å². The number of Topliss-reactive ketones (excluding diaryl/α,β-unsaturated/α-hetero) is 3. The van der Waals surface area contributed by atoms with Crippen molar-refractivity contribution >= 4 is 65.2 Å². The maximum Gasteiger partial charge on any atom is 0.407 e. The molecule has 0 bridgehead atoms. The molecule has 0 fully saturated rings. The van der Waals surface area contributed by atoms with Crippen LogP contribution in [0.2, 0.25) is 0 Å². The fraction of sp³-hybridized carbons (Fsp3) is 0.814. The first kappa shape index (κ1) is 104. The first-order valence-electron chi connectivity index (χ1n) is 30.6. The number of carbonyl (C=O) groups excluding carboxylic acids is 11. The van der Waals surface area contributed by atoms with Gasteiger partial charge in [0.2, 0.25) is 23.6 Å². The zero-order valence-corrected chi connectivity index (χ0v) is 57.4. The van der Waals surface area contributed by atoms with Crippen LogP contribution in [-0.4, -0.2) is 184 Å². The van der Waals surface area contributed by atoms with Crippen LogP contribution in [0.15, 0.2) is 0 Å². The minimum absolute atomic E-state index is 0.00838. The molecule has 26 nitrogen and oxygen atoms in total. The Labute approximate surface area is 515 Å². The van der Waals surface area contributed by atoms with Crippen LogP contribution in [-0.2, 0) is 62.0 Å². The third kappa shape index (κ3) is 139. The number of ketones is 3. The second-order valence-electron chi connectivity index (χ2n) is 15.7. The maximum absolute atomic E-state index is 10.8. The molecule has 0 aromatic rings. The molecule has 0 aliphatic heterocycles. The first-order valence-corrected chi connectivity index (χ1v) is 30.6. The molecule has 0 aliphatic carbocycles. The van der Waals surface area contributed by atoms with Gasteiger partial charge in [-0.2, -0.15) is 0 Å². The summed E-state index contributed by atoms with van der Waals surface area (Å²) in [5.74, 6) is -0.519. The van der Waals surface area contributed by atoms with Gasteiger partial charge in [-0.15, -0.1) is 0 Å². The maximum atomic E-state index is 10.8. The molecule has 0 saturated heterocycles. The van der Waals surface area contributed by atoms with E-state index in [4.69, 9.17) is 9.47 Å². The van der Waals surface area contributed by atoms with Gasteiger partial charge in [-0.25, -0.2) is 14.4 Å². The van der Waals surface area contributed by atoms with Crippen LogP contribution >= 0.6 is 0 Å². The van der Waals surface area contributed by atoms with Crippen LogP contribution in [0.25, 0.3) is 0 Å². The average Bonchev–Trinajstić information content (AvgIpc) is 3.46. The predicted octanol–water partition coefficient (Wildman–Crippen LogP) is 7.05. The van der Waals surface area contributed by atoms with E-state index in [2.05, 4.69) is 102 Å². The number of likely N-dealkylation sites (N-methyl/N-ethyl adjacent to an activating group) is 1. The van der Waals surface area contributed by atoms with Gasteiger partial charge in [-0.05, 0) is 103 Å². The van der Waals surface area contributed by atoms with Crippen molar-refractivity contribution in [3.05, 3.63) is 0 Å². The molecule has 0 aromatic carbocycles. The zero-order valence-electron chi connectivity index (χ0n) is 57.4. The summed E-state index contributed by atoms with van der Waals surface area (Å²) >= 11 is 0. The molecule has 10 N–H and O–H groups in total. The van der Waals surface area contributed by atoms with Crippen molar-refractivity contribution < 1.29 is 76.4 Å². The number of ether oxygens (including phenoxy) is 5. The van der Waals surface area contributed by atoms with Crippen LogP contribution in [0.5, 0.6) is 0 Å². The molecule has 26 heteroatoms. The molecule has 0 radical (unpaired) electrons. The topological polar surface area (TPSA) is 354 Å². The second kappa shape index (κ2) is 100. The number of rotatable bonds is 30. The highest BCUT2D eigenvalue weighted by atomic mass is 16.6. The Morgan fingerprint density at radius 3 is 0.812 bits per heavy atom. The average molecular weight is 1230 g/mol. The molecule has 0 spiro atoms. The van der Waals surface area contributed by atoms with E-state index in [1.165, 1.54) is 6.42 Å². The predicted molar refractivity (Wildman–Crippen MR) is 342 cm³/mol. The van der Waals surface area contributed by atoms with E-state index in [0.717, 1.165) is 46.0 Å². The van der Waals surface area contributed by atoms with Gasteiger partial charge in [0.05, 0.1) is 19.8 Å². The van der Waals surface area contributed by atoms with E-state index in [1.54, 1.807) is 41.5 Å². The summed E-state index contributed by atoms with van der Waals surface area (Å²) in [6, 6.07) is 0. The molecule has 0 unspecified atom stereocenters. The number of alkyl carbamates (subject to hydrolysis) is 3.